The molecule has 1 aromatic carbocycles. The molecular weight excluding hydrogens is 265 g/mol. The van der Waals surface area contributed by atoms with Crippen LogP contribution in [0.1, 0.15) is 38.2 Å². The zero-order valence-corrected chi connectivity index (χ0v) is 12.4. The molecule has 1 nitrogen and oxygen atoms in total. The first-order valence-corrected chi connectivity index (χ1v) is 7.63. The average molecular weight is 286 g/mol. The van der Waals surface area contributed by atoms with Gasteiger partial charge in [0.05, 0.1) is 0 Å². The van der Waals surface area contributed by atoms with Crippen LogP contribution in [0.3, 0.4) is 0 Å². The summed E-state index contributed by atoms with van der Waals surface area (Å²) in [7, 11) is 0. The van der Waals surface area contributed by atoms with Crippen molar-refractivity contribution < 1.29 is 0 Å². The van der Waals surface area contributed by atoms with E-state index in [2.05, 4.69) is 12.2 Å². The summed E-state index contributed by atoms with van der Waals surface area (Å²) in [5, 5.41) is 5.17. The average Bonchev–Trinajstić information content (AvgIpc) is 2.79. The fourth-order valence-corrected chi connectivity index (χ4v) is 3.41. The van der Waals surface area contributed by atoms with Gasteiger partial charge in [-0.25, -0.2) is 0 Å². The second-order valence-electron chi connectivity index (χ2n) is 5.15. The maximum Gasteiger partial charge on any atom is 0.0453 e. The Bertz CT molecular complexity index is 392. The Morgan fingerprint density at radius 3 is 2.83 bits per heavy atom. The van der Waals surface area contributed by atoms with Crippen LogP contribution in [-0.2, 0) is 6.42 Å². The van der Waals surface area contributed by atoms with Gasteiger partial charge >= 0.3 is 0 Å². The number of halogens is 2. The Labute approximate surface area is 120 Å². The molecule has 0 aromatic heterocycles. The molecule has 0 saturated heterocycles. The summed E-state index contributed by atoms with van der Waals surface area (Å²) < 4.78 is 0. The van der Waals surface area contributed by atoms with Crippen LogP contribution >= 0.6 is 23.2 Å². The van der Waals surface area contributed by atoms with Gasteiger partial charge in [0.1, 0.15) is 0 Å². The van der Waals surface area contributed by atoms with Gasteiger partial charge in [0.15, 0.2) is 0 Å². The van der Waals surface area contributed by atoms with Gasteiger partial charge in [0, 0.05) is 16.1 Å². The summed E-state index contributed by atoms with van der Waals surface area (Å²) >= 11 is 12.1. The summed E-state index contributed by atoms with van der Waals surface area (Å²) in [5.41, 5.74) is 1.18. The summed E-state index contributed by atoms with van der Waals surface area (Å²) in [6.07, 6.45) is 6.35. The lowest BCUT2D eigenvalue weighted by atomic mass is 10.0. The highest BCUT2D eigenvalue weighted by atomic mass is 35.5. The van der Waals surface area contributed by atoms with Crippen molar-refractivity contribution in [2.75, 3.05) is 6.54 Å². The van der Waals surface area contributed by atoms with Crippen LogP contribution in [0.2, 0.25) is 10.0 Å². The van der Waals surface area contributed by atoms with Crippen molar-refractivity contribution in [2.45, 2.75) is 45.1 Å². The van der Waals surface area contributed by atoms with Crippen LogP contribution in [0.25, 0.3) is 0 Å². The van der Waals surface area contributed by atoms with Gasteiger partial charge in [-0.05, 0) is 49.4 Å². The Morgan fingerprint density at radius 2 is 2.11 bits per heavy atom. The number of hydrogen-bond donors (Lipinski definition) is 1. The molecule has 100 valence electrons. The van der Waals surface area contributed by atoms with Crippen molar-refractivity contribution in [1.29, 1.82) is 0 Å². The van der Waals surface area contributed by atoms with E-state index in [1.165, 1.54) is 31.2 Å². The summed E-state index contributed by atoms with van der Waals surface area (Å²) in [6.45, 7) is 3.29. The Hall–Kier alpha value is -0.240. The maximum absolute atomic E-state index is 6.17. The van der Waals surface area contributed by atoms with Gasteiger partial charge < -0.3 is 5.32 Å². The van der Waals surface area contributed by atoms with Crippen molar-refractivity contribution in [3.8, 4) is 0 Å². The quantitative estimate of drug-likeness (QED) is 0.827. The second-order valence-corrected chi connectivity index (χ2v) is 5.99. The number of benzene rings is 1. The topological polar surface area (TPSA) is 12.0 Å². The van der Waals surface area contributed by atoms with Gasteiger partial charge in [0.25, 0.3) is 0 Å². The molecule has 3 heteroatoms. The van der Waals surface area contributed by atoms with E-state index in [0.29, 0.717) is 11.1 Å². The molecule has 0 bridgehead atoms. The van der Waals surface area contributed by atoms with Crippen LogP contribution in [0.5, 0.6) is 0 Å². The van der Waals surface area contributed by atoms with Crippen molar-refractivity contribution in [3.05, 3.63) is 33.8 Å². The van der Waals surface area contributed by atoms with E-state index < -0.39 is 0 Å². The lowest BCUT2D eigenvalue weighted by Crippen LogP contribution is -2.33. The van der Waals surface area contributed by atoms with Crippen LogP contribution in [0, 0.1) is 5.92 Å². The molecule has 0 radical (unpaired) electrons. The van der Waals surface area contributed by atoms with Gasteiger partial charge in [0.2, 0.25) is 0 Å². The molecule has 1 aromatic rings. The minimum atomic E-state index is 0.707. The minimum absolute atomic E-state index is 0.707. The van der Waals surface area contributed by atoms with Gasteiger partial charge in [-0.3, -0.25) is 0 Å². The molecule has 1 saturated carbocycles. The van der Waals surface area contributed by atoms with Gasteiger partial charge in [-0.15, -0.1) is 0 Å². The minimum Gasteiger partial charge on any atom is -0.313 e. The molecule has 2 unspecified atom stereocenters. The third-order valence-electron chi connectivity index (χ3n) is 4.00. The molecule has 0 aliphatic heterocycles. The molecule has 0 amide bonds. The predicted octanol–water partition coefficient (Wildman–Crippen LogP) is 4.70. The van der Waals surface area contributed by atoms with Crippen LogP contribution in [0.4, 0.5) is 0 Å². The zero-order valence-electron chi connectivity index (χ0n) is 10.9. The highest BCUT2D eigenvalue weighted by molar-refractivity contribution is 6.35. The van der Waals surface area contributed by atoms with E-state index in [4.69, 9.17) is 23.2 Å². The first kappa shape index (κ1) is 14.2. The van der Waals surface area contributed by atoms with Crippen LogP contribution in [0.15, 0.2) is 18.2 Å². The Kier molecular flexibility index (Phi) is 5.35. The first-order chi connectivity index (χ1) is 8.70. The molecule has 1 aliphatic rings. The standard InChI is InChI=1S/C15H21Cl2N/c1-2-11-4-3-5-15(11)18-9-8-12-6-7-13(16)10-14(12)17/h6-7,10-11,15,18H,2-5,8-9H2,1H3. The van der Waals surface area contributed by atoms with E-state index in [1.807, 2.05) is 18.2 Å². The molecule has 1 aliphatic carbocycles. The molecule has 0 heterocycles. The molecular formula is C15H21Cl2N. The fourth-order valence-electron chi connectivity index (χ4n) is 2.91. The van der Waals surface area contributed by atoms with Crippen molar-refractivity contribution in [2.24, 2.45) is 5.92 Å². The van der Waals surface area contributed by atoms with E-state index >= 15 is 0 Å². The molecule has 18 heavy (non-hydrogen) atoms. The smallest absolute Gasteiger partial charge is 0.0453 e. The van der Waals surface area contributed by atoms with E-state index in [0.717, 1.165) is 23.9 Å². The SMILES string of the molecule is CCC1CCCC1NCCc1ccc(Cl)cc1Cl. The monoisotopic (exact) mass is 285 g/mol. The predicted molar refractivity (Wildman–Crippen MR) is 79.6 cm³/mol. The van der Waals surface area contributed by atoms with E-state index in [1.54, 1.807) is 0 Å². The highest BCUT2D eigenvalue weighted by Crippen LogP contribution is 2.28. The molecule has 0 spiro atoms. The van der Waals surface area contributed by atoms with Gasteiger partial charge in [-0.2, -0.15) is 0 Å². The first-order valence-electron chi connectivity index (χ1n) is 6.88. The lowest BCUT2D eigenvalue weighted by Gasteiger charge is -2.19. The van der Waals surface area contributed by atoms with Crippen LogP contribution in [-0.4, -0.2) is 12.6 Å². The lowest BCUT2D eigenvalue weighted by molar-refractivity contribution is 0.393. The van der Waals surface area contributed by atoms with Crippen molar-refractivity contribution >= 4 is 23.2 Å². The van der Waals surface area contributed by atoms with Crippen molar-refractivity contribution in [3.63, 3.8) is 0 Å². The maximum atomic E-state index is 6.17. The number of nitrogens with one attached hydrogen (secondary N) is 1. The Balaban J connectivity index is 1.81. The number of hydrogen-bond acceptors (Lipinski definition) is 1. The van der Waals surface area contributed by atoms with Gasteiger partial charge in [-0.1, -0.05) is 49.0 Å². The molecule has 2 atom stereocenters. The second kappa shape index (κ2) is 6.79. The van der Waals surface area contributed by atoms with E-state index in [9.17, 15) is 0 Å². The zero-order chi connectivity index (χ0) is 13.0. The molecule has 1 N–H and O–H groups in total. The Morgan fingerprint density at radius 1 is 1.28 bits per heavy atom. The summed E-state index contributed by atoms with van der Waals surface area (Å²) in [6, 6.07) is 6.47. The third kappa shape index (κ3) is 3.63. The highest BCUT2D eigenvalue weighted by Gasteiger charge is 2.24. The van der Waals surface area contributed by atoms with Crippen molar-refractivity contribution in [1.82, 2.24) is 5.32 Å². The summed E-state index contributed by atoms with van der Waals surface area (Å²) in [5.74, 6) is 0.866. The number of rotatable bonds is 5. The van der Waals surface area contributed by atoms with E-state index in [-0.39, 0.29) is 0 Å². The largest absolute Gasteiger partial charge is 0.313 e. The summed E-state index contributed by atoms with van der Waals surface area (Å²) in [4.78, 5) is 0. The normalized spacial score (nSPS) is 23.5. The third-order valence-corrected chi connectivity index (χ3v) is 4.59. The van der Waals surface area contributed by atoms with Crippen LogP contribution < -0.4 is 5.32 Å². The molecule has 1 fully saturated rings. The molecule has 2 rings (SSSR count). The fraction of sp³-hybridized carbons (Fsp3) is 0.600.